The maximum Gasteiger partial charge on any atom is 0.188 e. The average molecular weight is 344 g/mol. The molecule has 0 aliphatic rings. The van der Waals surface area contributed by atoms with Gasteiger partial charge in [-0.05, 0) is 18.9 Å². The first kappa shape index (κ1) is 16.7. The SMILES string of the molecule is CCc1nc(-c2sc(-c3ncccn3)nc2CC)n(CCCO)n1. The second-order valence-corrected chi connectivity index (χ2v) is 6.23. The van der Waals surface area contributed by atoms with Gasteiger partial charge in [0.05, 0.1) is 10.6 Å². The van der Waals surface area contributed by atoms with Gasteiger partial charge in [0.25, 0.3) is 0 Å². The van der Waals surface area contributed by atoms with Crippen molar-refractivity contribution >= 4 is 11.3 Å². The quantitative estimate of drug-likeness (QED) is 0.708. The zero-order valence-corrected chi connectivity index (χ0v) is 14.6. The highest BCUT2D eigenvalue weighted by atomic mass is 32.1. The van der Waals surface area contributed by atoms with Crippen molar-refractivity contribution in [2.24, 2.45) is 0 Å². The molecule has 3 aromatic rings. The molecule has 7 nitrogen and oxygen atoms in total. The van der Waals surface area contributed by atoms with E-state index in [4.69, 9.17) is 10.1 Å². The topological polar surface area (TPSA) is 89.6 Å². The fourth-order valence-electron chi connectivity index (χ4n) is 2.35. The van der Waals surface area contributed by atoms with E-state index in [0.717, 1.165) is 40.1 Å². The summed E-state index contributed by atoms with van der Waals surface area (Å²) in [5.74, 6) is 2.24. The lowest BCUT2D eigenvalue weighted by Crippen LogP contribution is -2.05. The summed E-state index contributed by atoms with van der Waals surface area (Å²) in [6.45, 7) is 4.87. The van der Waals surface area contributed by atoms with Crippen LogP contribution in [0.25, 0.3) is 21.5 Å². The lowest BCUT2D eigenvalue weighted by molar-refractivity contribution is 0.277. The first-order valence-electron chi connectivity index (χ1n) is 8.08. The summed E-state index contributed by atoms with van der Waals surface area (Å²) < 4.78 is 1.87. The largest absolute Gasteiger partial charge is 0.396 e. The van der Waals surface area contributed by atoms with Crippen molar-refractivity contribution in [1.82, 2.24) is 29.7 Å². The summed E-state index contributed by atoms with van der Waals surface area (Å²) in [6.07, 6.45) is 5.65. The van der Waals surface area contributed by atoms with Gasteiger partial charge >= 0.3 is 0 Å². The minimum absolute atomic E-state index is 0.132. The van der Waals surface area contributed by atoms with Crippen LogP contribution in [0.2, 0.25) is 0 Å². The summed E-state index contributed by atoms with van der Waals surface area (Å²) in [7, 11) is 0. The predicted octanol–water partition coefficient (Wildman–Crippen LogP) is 2.37. The van der Waals surface area contributed by atoms with E-state index in [1.807, 2.05) is 11.6 Å². The van der Waals surface area contributed by atoms with Gasteiger partial charge in [0.15, 0.2) is 22.5 Å². The third kappa shape index (κ3) is 3.34. The highest BCUT2D eigenvalue weighted by molar-refractivity contribution is 7.18. The molecule has 1 N–H and O–H groups in total. The van der Waals surface area contributed by atoms with Gasteiger partial charge in [-0.3, -0.25) is 0 Å². The Hall–Kier alpha value is -2.19. The zero-order chi connectivity index (χ0) is 16.9. The third-order valence-electron chi connectivity index (χ3n) is 3.55. The molecule has 0 aromatic carbocycles. The Morgan fingerprint density at radius 1 is 1.12 bits per heavy atom. The van der Waals surface area contributed by atoms with Crippen LogP contribution in [-0.2, 0) is 19.4 Å². The van der Waals surface area contributed by atoms with Crippen molar-refractivity contribution in [2.75, 3.05) is 6.61 Å². The molecule has 0 atom stereocenters. The number of rotatable bonds is 7. The first-order chi connectivity index (χ1) is 11.8. The number of thiazole rings is 1. The van der Waals surface area contributed by atoms with E-state index in [1.165, 1.54) is 11.3 Å². The third-order valence-corrected chi connectivity index (χ3v) is 4.64. The van der Waals surface area contributed by atoms with Gasteiger partial charge in [-0.1, -0.05) is 13.8 Å². The molecule has 3 rings (SSSR count). The molecule has 24 heavy (non-hydrogen) atoms. The maximum absolute atomic E-state index is 9.12. The summed E-state index contributed by atoms with van der Waals surface area (Å²) in [4.78, 5) is 18.9. The number of aryl methyl sites for hydroxylation is 3. The molecule has 0 radical (unpaired) electrons. The van der Waals surface area contributed by atoms with Gasteiger partial charge in [-0.25, -0.2) is 24.6 Å². The summed E-state index contributed by atoms with van der Waals surface area (Å²) in [6, 6.07) is 1.79. The Bertz CT molecular complexity index is 798. The van der Waals surface area contributed by atoms with Gasteiger partial charge < -0.3 is 5.11 Å². The summed E-state index contributed by atoms with van der Waals surface area (Å²) in [5.41, 5.74) is 0.975. The Morgan fingerprint density at radius 2 is 1.92 bits per heavy atom. The van der Waals surface area contributed by atoms with E-state index in [9.17, 15) is 0 Å². The molecule has 3 heterocycles. The van der Waals surface area contributed by atoms with Gasteiger partial charge in [0.1, 0.15) is 0 Å². The van der Waals surface area contributed by atoms with E-state index in [2.05, 4.69) is 27.0 Å². The number of hydrogen-bond donors (Lipinski definition) is 1. The highest BCUT2D eigenvalue weighted by Gasteiger charge is 2.20. The van der Waals surface area contributed by atoms with Gasteiger partial charge in [-0.2, -0.15) is 5.10 Å². The van der Waals surface area contributed by atoms with Gasteiger partial charge in [0.2, 0.25) is 0 Å². The molecule has 0 spiro atoms. The standard InChI is InChI=1S/C16H20N6OS/c1-3-11-13(24-16(19-11)14-17-7-5-8-18-14)15-20-12(4-2)21-22(15)9-6-10-23/h5,7-8,23H,3-4,6,9-10H2,1-2H3. The summed E-state index contributed by atoms with van der Waals surface area (Å²) >= 11 is 1.54. The van der Waals surface area contributed by atoms with Crippen LogP contribution >= 0.6 is 11.3 Å². The molecular formula is C16H20N6OS. The Kier molecular flexibility index (Phi) is 5.27. The van der Waals surface area contributed by atoms with Gasteiger partial charge in [0, 0.05) is 32.0 Å². The van der Waals surface area contributed by atoms with Crippen molar-refractivity contribution in [1.29, 1.82) is 0 Å². The lowest BCUT2D eigenvalue weighted by atomic mass is 10.3. The summed E-state index contributed by atoms with van der Waals surface area (Å²) in [5, 5.41) is 14.4. The van der Waals surface area contributed by atoms with E-state index < -0.39 is 0 Å². The zero-order valence-electron chi connectivity index (χ0n) is 13.8. The molecule has 3 aromatic heterocycles. The molecule has 126 valence electrons. The van der Waals surface area contributed by atoms with Crippen molar-refractivity contribution in [2.45, 2.75) is 39.7 Å². The van der Waals surface area contributed by atoms with Crippen molar-refractivity contribution in [3.05, 3.63) is 30.0 Å². The normalized spacial score (nSPS) is 11.1. The second kappa shape index (κ2) is 7.59. The molecule has 0 fully saturated rings. The molecule has 0 unspecified atom stereocenters. The predicted molar refractivity (Wildman–Crippen MR) is 92.6 cm³/mol. The minimum atomic E-state index is 0.132. The number of hydrogen-bond acceptors (Lipinski definition) is 7. The van der Waals surface area contributed by atoms with Crippen LogP contribution in [0, 0.1) is 0 Å². The molecule has 8 heteroatoms. The average Bonchev–Trinajstić information content (AvgIpc) is 3.24. The number of aliphatic hydroxyl groups is 1. The molecule has 0 amide bonds. The smallest absolute Gasteiger partial charge is 0.188 e. The molecule has 0 bridgehead atoms. The lowest BCUT2D eigenvalue weighted by Gasteiger charge is -2.03. The maximum atomic E-state index is 9.12. The highest BCUT2D eigenvalue weighted by Crippen LogP contribution is 2.33. The van der Waals surface area contributed by atoms with Crippen LogP contribution in [0.15, 0.2) is 18.5 Å². The van der Waals surface area contributed by atoms with Crippen LogP contribution in [0.4, 0.5) is 0 Å². The fourth-order valence-corrected chi connectivity index (χ4v) is 3.45. The van der Waals surface area contributed by atoms with E-state index in [-0.39, 0.29) is 6.61 Å². The van der Waals surface area contributed by atoms with Crippen LogP contribution in [-0.4, -0.2) is 41.4 Å². The molecular weight excluding hydrogens is 324 g/mol. The number of nitrogens with zero attached hydrogens (tertiary/aromatic N) is 6. The minimum Gasteiger partial charge on any atom is -0.396 e. The molecule has 0 saturated carbocycles. The van der Waals surface area contributed by atoms with Crippen LogP contribution in [0.1, 0.15) is 31.8 Å². The second-order valence-electron chi connectivity index (χ2n) is 5.23. The Morgan fingerprint density at radius 3 is 2.58 bits per heavy atom. The van der Waals surface area contributed by atoms with Crippen LogP contribution < -0.4 is 0 Å². The van der Waals surface area contributed by atoms with Crippen LogP contribution in [0.3, 0.4) is 0 Å². The molecule has 0 saturated heterocycles. The van der Waals surface area contributed by atoms with Crippen LogP contribution in [0.5, 0.6) is 0 Å². The fraction of sp³-hybridized carbons (Fsp3) is 0.438. The van der Waals surface area contributed by atoms with E-state index >= 15 is 0 Å². The number of aromatic nitrogens is 6. The Labute approximate surface area is 144 Å². The Balaban J connectivity index is 2.05. The monoisotopic (exact) mass is 344 g/mol. The number of aliphatic hydroxyl groups excluding tert-OH is 1. The van der Waals surface area contributed by atoms with E-state index in [0.29, 0.717) is 18.8 Å². The van der Waals surface area contributed by atoms with Crippen molar-refractivity contribution in [3.8, 4) is 21.5 Å². The van der Waals surface area contributed by atoms with Gasteiger partial charge in [-0.15, -0.1) is 11.3 Å². The van der Waals surface area contributed by atoms with E-state index in [1.54, 1.807) is 18.5 Å². The first-order valence-corrected chi connectivity index (χ1v) is 8.90. The molecule has 0 aliphatic carbocycles. The molecule has 0 aliphatic heterocycles. The van der Waals surface area contributed by atoms with Crippen molar-refractivity contribution < 1.29 is 5.11 Å². The van der Waals surface area contributed by atoms with Crippen molar-refractivity contribution in [3.63, 3.8) is 0 Å².